The monoisotopic (exact) mass is 194 g/mol. The van der Waals surface area contributed by atoms with Crippen molar-refractivity contribution >= 4 is 17.7 Å². The number of nitrogens with one attached hydrogen (secondary N) is 2. The van der Waals surface area contributed by atoms with E-state index in [0.717, 1.165) is 0 Å². The average Bonchev–Trinajstić information content (AvgIpc) is 2.40. The minimum Gasteiger partial charge on any atom is -0.369 e. The van der Waals surface area contributed by atoms with E-state index in [2.05, 4.69) is 15.3 Å². The van der Waals surface area contributed by atoms with Gasteiger partial charge in [-0.3, -0.25) is 14.6 Å². The molecule has 1 aliphatic rings. The Hall–Kier alpha value is -1.85. The molecule has 1 atom stereocenters. The van der Waals surface area contributed by atoms with Gasteiger partial charge >= 0.3 is 0 Å². The molecule has 0 spiro atoms. The number of nitrogen functional groups attached to an aromatic ring is 1. The third kappa shape index (κ3) is 1.07. The van der Waals surface area contributed by atoms with Crippen LogP contribution < -0.4 is 16.6 Å². The second-order valence-electron chi connectivity index (χ2n) is 3.16. The lowest BCUT2D eigenvalue weighted by Crippen LogP contribution is -2.18. The molecule has 74 valence electrons. The van der Waals surface area contributed by atoms with Gasteiger partial charge in [0.05, 0.1) is 11.5 Å². The first-order valence-corrected chi connectivity index (χ1v) is 4.34. The largest absolute Gasteiger partial charge is 0.369 e. The van der Waals surface area contributed by atoms with Gasteiger partial charge in [-0.25, -0.2) is 0 Å². The van der Waals surface area contributed by atoms with Crippen LogP contribution in [0.15, 0.2) is 4.79 Å². The van der Waals surface area contributed by atoms with Crippen molar-refractivity contribution in [3.8, 4) is 0 Å². The summed E-state index contributed by atoms with van der Waals surface area (Å²) in [4.78, 5) is 29.1. The van der Waals surface area contributed by atoms with Crippen LogP contribution in [0.5, 0.6) is 0 Å². The first-order chi connectivity index (χ1) is 6.63. The molecule has 1 aromatic rings. The standard InChI is InChI=1S/C8H10N4O2/c1-2-3-4-5(10-6(3)13)11-8(9)12-7(4)14/h3H,2H2,1H3,(H4,9,10,11,12,13,14). The number of anilines is 2. The van der Waals surface area contributed by atoms with Gasteiger partial charge in [0.15, 0.2) is 0 Å². The molecule has 0 saturated heterocycles. The van der Waals surface area contributed by atoms with Crippen LogP contribution in [-0.2, 0) is 4.79 Å². The number of carbonyl (C=O) groups excluding carboxylic acids is 1. The highest BCUT2D eigenvalue weighted by molar-refractivity contribution is 6.01. The van der Waals surface area contributed by atoms with E-state index >= 15 is 0 Å². The number of carbonyl (C=O) groups is 1. The highest BCUT2D eigenvalue weighted by atomic mass is 16.2. The zero-order chi connectivity index (χ0) is 10.3. The average molecular weight is 194 g/mol. The summed E-state index contributed by atoms with van der Waals surface area (Å²) in [5.74, 6) is -0.276. The van der Waals surface area contributed by atoms with E-state index in [0.29, 0.717) is 17.8 Å². The third-order valence-electron chi connectivity index (χ3n) is 2.29. The number of hydrogen-bond acceptors (Lipinski definition) is 4. The van der Waals surface area contributed by atoms with Crippen molar-refractivity contribution in [2.45, 2.75) is 19.3 Å². The van der Waals surface area contributed by atoms with Crippen molar-refractivity contribution in [3.63, 3.8) is 0 Å². The lowest BCUT2D eigenvalue weighted by Gasteiger charge is -2.02. The van der Waals surface area contributed by atoms with Gasteiger partial charge in [-0.15, -0.1) is 0 Å². The van der Waals surface area contributed by atoms with Crippen molar-refractivity contribution in [1.82, 2.24) is 9.97 Å². The van der Waals surface area contributed by atoms with E-state index in [1.807, 2.05) is 6.92 Å². The summed E-state index contributed by atoms with van der Waals surface area (Å²) in [6.07, 6.45) is 0.577. The molecule has 14 heavy (non-hydrogen) atoms. The van der Waals surface area contributed by atoms with Gasteiger partial charge in [0.1, 0.15) is 5.82 Å². The van der Waals surface area contributed by atoms with E-state index in [4.69, 9.17) is 5.73 Å². The van der Waals surface area contributed by atoms with Gasteiger partial charge in [-0.2, -0.15) is 4.98 Å². The normalized spacial score (nSPS) is 19.2. The maximum atomic E-state index is 11.5. The zero-order valence-corrected chi connectivity index (χ0v) is 7.63. The fraction of sp³-hybridized carbons (Fsp3) is 0.375. The van der Waals surface area contributed by atoms with E-state index in [1.165, 1.54) is 0 Å². The molecule has 0 radical (unpaired) electrons. The summed E-state index contributed by atoms with van der Waals surface area (Å²) in [5, 5.41) is 2.53. The lowest BCUT2D eigenvalue weighted by atomic mass is 10.0. The number of fused-ring (bicyclic) bond motifs is 1. The molecule has 2 heterocycles. The molecule has 2 rings (SSSR count). The predicted molar refractivity (Wildman–Crippen MR) is 50.9 cm³/mol. The van der Waals surface area contributed by atoms with Gasteiger partial charge < -0.3 is 11.1 Å². The zero-order valence-electron chi connectivity index (χ0n) is 7.63. The number of aromatic nitrogens is 2. The van der Waals surface area contributed by atoms with Gasteiger partial charge in [-0.05, 0) is 6.42 Å². The Labute approximate surface area is 79.5 Å². The number of hydrogen-bond donors (Lipinski definition) is 3. The van der Waals surface area contributed by atoms with Crippen LogP contribution in [0.25, 0.3) is 0 Å². The minimum atomic E-state index is -0.401. The first kappa shape index (κ1) is 8.74. The number of aromatic amines is 1. The maximum Gasteiger partial charge on any atom is 0.258 e. The van der Waals surface area contributed by atoms with Crippen LogP contribution in [0.3, 0.4) is 0 Å². The van der Waals surface area contributed by atoms with Crippen LogP contribution in [0, 0.1) is 0 Å². The Morgan fingerprint density at radius 3 is 2.86 bits per heavy atom. The van der Waals surface area contributed by atoms with Crippen molar-refractivity contribution in [2.24, 2.45) is 0 Å². The molecule has 0 bridgehead atoms. The van der Waals surface area contributed by atoms with Gasteiger partial charge in [0.2, 0.25) is 11.9 Å². The molecule has 0 aromatic carbocycles. The van der Waals surface area contributed by atoms with Crippen molar-refractivity contribution in [2.75, 3.05) is 11.1 Å². The molecule has 1 unspecified atom stereocenters. The number of nitrogens with two attached hydrogens (primary N) is 1. The first-order valence-electron chi connectivity index (χ1n) is 4.34. The fourth-order valence-electron chi connectivity index (χ4n) is 1.64. The van der Waals surface area contributed by atoms with Crippen molar-refractivity contribution in [3.05, 3.63) is 15.9 Å². The Morgan fingerprint density at radius 2 is 2.21 bits per heavy atom. The Balaban J connectivity index is 2.64. The van der Waals surface area contributed by atoms with Gasteiger partial charge in [0.25, 0.3) is 5.56 Å². The Kier molecular flexibility index (Phi) is 1.77. The molecule has 0 aliphatic carbocycles. The second-order valence-corrected chi connectivity index (χ2v) is 3.16. The molecule has 4 N–H and O–H groups in total. The number of H-pyrrole nitrogens is 1. The summed E-state index contributed by atoms with van der Waals surface area (Å²) < 4.78 is 0. The van der Waals surface area contributed by atoms with Crippen LogP contribution in [-0.4, -0.2) is 15.9 Å². The van der Waals surface area contributed by atoms with E-state index in [9.17, 15) is 9.59 Å². The highest BCUT2D eigenvalue weighted by Crippen LogP contribution is 2.29. The molecule has 6 heteroatoms. The molecule has 1 amide bonds. The minimum absolute atomic E-state index is 0.0193. The third-order valence-corrected chi connectivity index (χ3v) is 2.29. The summed E-state index contributed by atoms with van der Waals surface area (Å²) in [5.41, 5.74) is 5.41. The van der Waals surface area contributed by atoms with Crippen molar-refractivity contribution < 1.29 is 4.79 Å². The van der Waals surface area contributed by atoms with Crippen molar-refractivity contribution in [1.29, 1.82) is 0 Å². The molecule has 1 aliphatic heterocycles. The Bertz CT molecular complexity index is 451. The topological polar surface area (TPSA) is 101 Å². The predicted octanol–water partition coefficient (Wildman–Crippen LogP) is -0.202. The summed E-state index contributed by atoms with van der Waals surface area (Å²) in [7, 11) is 0. The summed E-state index contributed by atoms with van der Waals surface area (Å²) in [6, 6.07) is 0. The van der Waals surface area contributed by atoms with E-state index in [1.54, 1.807) is 0 Å². The Morgan fingerprint density at radius 1 is 1.50 bits per heavy atom. The van der Waals surface area contributed by atoms with Gasteiger partial charge in [0, 0.05) is 0 Å². The maximum absolute atomic E-state index is 11.5. The summed E-state index contributed by atoms with van der Waals surface area (Å²) in [6.45, 7) is 1.84. The SMILES string of the molecule is CCC1C(=O)Nc2nc(N)[nH]c(=O)c21. The lowest BCUT2D eigenvalue weighted by molar-refractivity contribution is -0.117. The number of amides is 1. The van der Waals surface area contributed by atoms with Crippen LogP contribution >= 0.6 is 0 Å². The molecular weight excluding hydrogens is 184 g/mol. The highest BCUT2D eigenvalue weighted by Gasteiger charge is 2.33. The number of nitrogens with zero attached hydrogens (tertiary/aromatic N) is 1. The molecule has 0 saturated carbocycles. The van der Waals surface area contributed by atoms with E-state index in [-0.39, 0.29) is 17.4 Å². The second kappa shape index (κ2) is 2.83. The molecule has 6 nitrogen and oxygen atoms in total. The number of rotatable bonds is 1. The quantitative estimate of drug-likeness (QED) is 0.576. The van der Waals surface area contributed by atoms with Gasteiger partial charge in [-0.1, -0.05) is 6.92 Å². The van der Waals surface area contributed by atoms with E-state index < -0.39 is 5.92 Å². The van der Waals surface area contributed by atoms with Crippen LogP contribution in [0.4, 0.5) is 11.8 Å². The van der Waals surface area contributed by atoms with Crippen LogP contribution in [0.2, 0.25) is 0 Å². The molecular formula is C8H10N4O2. The molecule has 0 fully saturated rings. The fourth-order valence-corrected chi connectivity index (χ4v) is 1.64. The smallest absolute Gasteiger partial charge is 0.258 e. The molecule has 1 aromatic heterocycles. The van der Waals surface area contributed by atoms with Crippen LogP contribution in [0.1, 0.15) is 24.8 Å². The summed E-state index contributed by atoms with van der Waals surface area (Å²) >= 11 is 0.